The molecule has 2 N–H and O–H groups in total. The van der Waals surface area contributed by atoms with Crippen LogP contribution in [0.2, 0.25) is 0 Å². The second-order valence-electron chi connectivity index (χ2n) is 18.5. The molecule has 0 saturated carbocycles. The molecule has 0 bridgehead atoms. The summed E-state index contributed by atoms with van der Waals surface area (Å²) in [5.41, 5.74) is 3.91. The zero-order valence-electron chi connectivity index (χ0n) is 36.4. The van der Waals surface area contributed by atoms with Gasteiger partial charge in [0, 0.05) is 116 Å². The Labute approximate surface area is 370 Å². The van der Waals surface area contributed by atoms with Crippen LogP contribution in [-0.4, -0.2) is 109 Å². The molecule has 0 radical (unpaired) electrons. The average molecular weight is 871 g/mol. The highest BCUT2D eigenvalue weighted by Crippen LogP contribution is 2.39. The summed E-state index contributed by atoms with van der Waals surface area (Å²) in [6.45, 7) is 10.5. The summed E-state index contributed by atoms with van der Waals surface area (Å²) in [6, 6.07) is 12.7. The SMILES string of the molecule is Cc1cc(C)c(-c2cc3cc(Nc4cc5n(n4)CC(=O)N(C4CCN(CC6CCN(c7ccc8c(c7F)CN(C7(C)CCC(=O)NC7=O)C8=O)CC6)CC4)CC5)ncc3cc2F)cn1. The van der Waals surface area contributed by atoms with Gasteiger partial charge in [0.05, 0.1) is 12.2 Å². The normalized spacial score (nSPS) is 21.4. The lowest BCUT2D eigenvalue weighted by molar-refractivity contribution is -0.142. The van der Waals surface area contributed by atoms with Gasteiger partial charge in [-0.25, -0.2) is 13.8 Å². The Hall–Kier alpha value is -6.29. The maximum absolute atomic E-state index is 16.1. The first-order valence-electron chi connectivity index (χ1n) is 22.4. The summed E-state index contributed by atoms with van der Waals surface area (Å²) in [5, 5.41) is 11.9. The highest BCUT2D eigenvalue weighted by molar-refractivity contribution is 6.07. The second kappa shape index (κ2) is 16.4. The van der Waals surface area contributed by atoms with Crippen molar-refractivity contribution in [1.29, 1.82) is 0 Å². The number of benzene rings is 2. The lowest BCUT2D eigenvalue weighted by atomic mass is 9.89. The number of likely N-dealkylation sites (tertiary alicyclic amines) is 1. The van der Waals surface area contributed by atoms with E-state index in [0.717, 1.165) is 73.2 Å². The van der Waals surface area contributed by atoms with Crippen LogP contribution in [0.25, 0.3) is 21.9 Å². The number of imide groups is 1. The third-order valence-electron chi connectivity index (χ3n) is 14.3. The van der Waals surface area contributed by atoms with E-state index in [-0.39, 0.29) is 61.1 Å². The standard InChI is InChI=1S/C48H52F2N10O4/c1-28-18-29(2)51-24-37(28)36-19-31-21-41(52-23-32(31)20-39(36)49)53-42-22-34-11-17-58(44(62)27-60(34)55-42)33-9-13-56(14-10-33)25-30-7-15-57(16-8-30)40-5-4-35-38(45(40)50)26-59(46(35)63)48(3)12-6-43(61)54-47(48)64/h4-5,18-24,30,33H,6-17,25-27H2,1-3H3,(H,52,53,55)(H,54,61,64). The molecule has 2 aromatic carbocycles. The van der Waals surface area contributed by atoms with Crippen LogP contribution in [0.3, 0.4) is 0 Å². The fourth-order valence-electron chi connectivity index (χ4n) is 10.5. The fourth-order valence-corrected chi connectivity index (χ4v) is 10.5. The van der Waals surface area contributed by atoms with Crippen LogP contribution in [0.5, 0.6) is 0 Å². The van der Waals surface area contributed by atoms with Gasteiger partial charge in [0.15, 0.2) is 11.6 Å². The van der Waals surface area contributed by atoms with E-state index in [9.17, 15) is 19.2 Å². The minimum Gasteiger partial charge on any atom is -0.369 e. The van der Waals surface area contributed by atoms with E-state index in [4.69, 9.17) is 5.10 Å². The van der Waals surface area contributed by atoms with Gasteiger partial charge < -0.3 is 24.9 Å². The number of hydrogen-bond donors (Lipinski definition) is 2. The van der Waals surface area contributed by atoms with Crippen LogP contribution in [0.15, 0.2) is 54.9 Å². The first-order chi connectivity index (χ1) is 30.8. The molecule has 0 spiro atoms. The Balaban J connectivity index is 0.706. The first kappa shape index (κ1) is 41.7. The molecule has 5 aliphatic rings. The second-order valence-corrected chi connectivity index (χ2v) is 18.5. The lowest BCUT2D eigenvalue weighted by Gasteiger charge is -2.41. The molecular formula is C48H52F2N10O4. The van der Waals surface area contributed by atoms with E-state index < -0.39 is 17.3 Å². The molecule has 3 aromatic heterocycles. The van der Waals surface area contributed by atoms with Crippen molar-refractivity contribution in [2.45, 2.75) is 90.4 Å². The predicted octanol–water partition coefficient (Wildman–Crippen LogP) is 6.05. The Morgan fingerprint density at radius 2 is 1.61 bits per heavy atom. The van der Waals surface area contributed by atoms with Crippen LogP contribution in [-0.2, 0) is 33.9 Å². The van der Waals surface area contributed by atoms with Crippen molar-refractivity contribution in [3.8, 4) is 11.1 Å². The molecule has 5 aliphatic heterocycles. The average Bonchev–Trinajstić information content (AvgIpc) is 3.78. The molecule has 4 amide bonds. The van der Waals surface area contributed by atoms with Crippen molar-refractivity contribution in [2.24, 2.45) is 5.92 Å². The molecule has 3 fully saturated rings. The Morgan fingerprint density at radius 3 is 2.38 bits per heavy atom. The number of fused-ring (bicyclic) bond motifs is 3. The number of rotatable bonds is 8. The summed E-state index contributed by atoms with van der Waals surface area (Å²) < 4.78 is 33.1. The number of halogens is 2. The van der Waals surface area contributed by atoms with E-state index in [0.29, 0.717) is 65.8 Å². The van der Waals surface area contributed by atoms with E-state index in [1.807, 2.05) is 43.0 Å². The van der Waals surface area contributed by atoms with Crippen molar-refractivity contribution in [1.82, 2.24) is 39.8 Å². The molecule has 1 atom stereocenters. The van der Waals surface area contributed by atoms with E-state index in [1.54, 1.807) is 36.1 Å². The van der Waals surface area contributed by atoms with Crippen molar-refractivity contribution in [2.75, 3.05) is 49.5 Å². The number of pyridine rings is 2. The molecular weight excluding hydrogens is 819 g/mol. The molecule has 14 nitrogen and oxygen atoms in total. The highest BCUT2D eigenvalue weighted by Gasteiger charge is 2.49. The van der Waals surface area contributed by atoms with Crippen molar-refractivity contribution in [3.63, 3.8) is 0 Å². The maximum atomic E-state index is 16.1. The summed E-state index contributed by atoms with van der Waals surface area (Å²) in [6.07, 6.45) is 8.04. The number of carbonyl (C=O) groups is 4. The number of carbonyl (C=O) groups excluding carboxylic acids is 4. The Morgan fingerprint density at radius 1 is 0.812 bits per heavy atom. The van der Waals surface area contributed by atoms with Crippen LogP contribution in [0.4, 0.5) is 26.1 Å². The van der Waals surface area contributed by atoms with Gasteiger partial charge in [-0.05, 0) is 106 Å². The number of nitrogens with one attached hydrogen (secondary N) is 2. The van der Waals surface area contributed by atoms with Gasteiger partial charge in [-0.2, -0.15) is 5.10 Å². The predicted molar refractivity (Wildman–Crippen MR) is 237 cm³/mol. The number of anilines is 3. The zero-order chi connectivity index (χ0) is 44.4. The van der Waals surface area contributed by atoms with Gasteiger partial charge in [0.25, 0.3) is 11.8 Å². The molecule has 332 valence electrons. The third kappa shape index (κ3) is 7.64. The minimum atomic E-state index is -1.21. The van der Waals surface area contributed by atoms with Crippen LogP contribution in [0, 0.1) is 31.4 Å². The number of piperidine rings is 3. The van der Waals surface area contributed by atoms with Gasteiger partial charge in [0.2, 0.25) is 11.8 Å². The van der Waals surface area contributed by atoms with E-state index >= 15 is 8.78 Å². The number of hydrogen-bond acceptors (Lipinski definition) is 10. The van der Waals surface area contributed by atoms with Crippen LogP contribution < -0.4 is 15.5 Å². The van der Waals surface area contributed by atoms with Gasteiger partial charge in [-0.15, -0.1) is 0 Å². The molecule has 16 heteroatoms. The minimum absolute atomic E-state index is 0.00454. The number of aryl methyl sites for hydroxylation is 2. The van der Waals surface area contributed by atoms with Crippen LogP contribution in [0.1, 0.15) is 78.3 Å². The molecule has 3 saturated heterocycles. The van der Waals surface area contributed by atoms with E-state index in [1.165, 1.54) is 11.0 Å². The molecule has 64 heavy (non-hydrogen) atoms. The van der Waals surface area contributed by atoms with Crippen LogP contribution >= 0.6 is 0 Å². The van der Waals surface area contributed by atoms with Gasteiger partial charge in [-0.1, -0.05) is 0 Å². The summed E-state index contributed by atoms with van der Waals surface area (Å²) in [5.74, 6) is -0.291. The maximum Gasteiger partial charge on any atom is 0.255 e. The van der Waals surface area contributed by atoms with Crippen molar-refractivity contribution >= 4 is 51.7 Å². The van der Waals surface area contributed by atoms with Gasteiger partial charge in [-0.3, -0.25) is 34.2 Å². The topological polar surface area (TPSA) is 149 Å². The van der Waals surface area contributed by atoms with Crippen molar-refractivity contribution in [3.05, 3.63) is 94.6 Å². The molecule has 0 aliphatic carbocycles. The largest absolute Gasteiger partial charge is 0.369 e. The van der Waals surface area contributed by atoms with Gasteiger partial charge in [0.1, 0.15) is 23.7 Å². The highest BCUT2D eigenvalue weighted by atomic mass is 19.1. The molecule has 5 aromatic rings. The summed E-state index contributed by atoms with van der Waals surface area (Å²) in [4.78, 5) is 68.6. The summed E-state index contributed by atoms with van der Waals surface area (Å²) in [7, 11) is 0. The third-order valence-corrected chi connectivity index (χ3v) is 14.3. The monoisotopic (exact) mass is 870 g/mol. The number of aromatic nitrogens is 4. The fraction of sp³-hybridized carbons (Fsp3) is 0.438. The number of nitrogens with zero attached hydrogens (tertiary/aromatic N) is 8. The quantitative estimate of drug-likeness (QED) is 0.177. The number of amides is 4. The van der Waals surface area contributed by atoms with E-state index in [2.05, 4.69) is 30.4 Å². The molecule has 8 heterocycles. The first-order valence-corrected chi connectivity index (χ1v) is 22.4. The van der Waals surface area contributed by atoms with Crippen molar-refractivity contribution < 1.29 is 28.0 Å². The Bertz CT molecular complexity index is 2720. The van der Waals surface area contributed by atoms with Gasteiger partial charge >= 0.3 is 0 Å². The smallest absolute Gasteiger partial charge is 0.255 e. The lowest BCUT2D eigenvalue weighted by Crippen LogP contribution is -2.61. The Kier molecular flexibility index (Phi) is 10.7. The molecule has 10 rings (SSSR count). The summed E-state index contributed by atoms with van der Waals surface area (Å²) >= 11 is 0. The molecule has 1 unspecified atom stereocenters. The zero-order valence-corrected chi connectivity index (χ0v) is 36.4.